The van der Waals surface area contributed by atoms with Crippen molar-refractivity contribution in [1.29, 1.82) is 0 Å². The van der Waals surface area contributed by atoms with Crippen LogP contribution in [0.4, 0.5) is 0 Å². The fourth-order valence-electron chi connectivity index (χ4n) is 3.30. The smallest absolute Gasteiger partial charge is 0.226 e. The zero-order valence-corrected chi connectivity index (χ0v) is 15.2. The highest BCUT2D eigenvalue weighted by atomic mass is 32.1. The molecule has 0 aliphatic carbocycles. The second-order valence-corrected chi connectivity index (χ2v) is 7.28. The average Bonchev–Trinajstić information content (AvgIpc) is 3.21. The van der Waals surface area contributed by atoms with E-state index in [1.807, 2.05) is 11.4 Å². The highest BCUT2D eigenvalue weighted by Crippen LogP contribution is 2.24. The van der Waals surface area contributed by atoms with Crippen LogP contribution in [0.25, 0.3) is 10.6 Å². The van der Waals surface area contributed by atoms with Gasteiger partial charge in [0.25, 0.3) is 0 Å². The Morgan fingerprint density at radius 2 is 2.33 bits per heavy atom. The Labute approximate surface area is 147 Å². The molecule has 5 heteroatoms. The van der Waals surface area contributed by atoms with Crippen LogP contribution in [0.3, 0.4) is 0 Å². The van der Waals surface area contributed by atoms with Gasteiger partial charge < -0.3 is 5.32 Å². The number of rotatable bonds is 6. The minimum Gasteiger partial charge on any atom is -0.354 e. The molecule has 0 radical (unpaired) electrons. The van der Waals surface area contributed by atoms with Crippen molar-refractivity contribution in [2.45, 2.75) is 39.2 Å². The lowest BCUT2D eigenvalue weighted by atomic mass is 10.1. The molecule has 0 spiro atoms. The van der Waals surface area contributed by atoms with Gasteiger partial charge in [0.15, 0.2) is 0 Å². The van der Waals surface area contributed by atoms with E-state index in [0.29, 0.717) is 12.5 Å². The highest BCUT2D eigenvalue weighted by Gasteiger charge is 2.23. The van der Waals surface area contributed by atoms with Gasteiger partial charge in [0, 0.05) is 23.5 Å². The van der Waals surface area contributed by atoms with Crippen LogP contribution in [-0.2, 0) is 11.2 Å². The number of amides is 1. The van der Waals surface area contributed by atoms with Gasteiger partial charge in [0.2, 0.25) is 5.91 Å². The van der Waals surface area contributed by atoms with Crippen molar-refractivity contribution in [3.05, 3.63) is 40.9 Å². The third-order valence-corrected chi connectivity index (χ3v) is 5.54. The topological polar surface area (TPSA) is 45.2 Å². The SMILES string of the molecule is CCN1CCCC1CNC(=O)Cc1csc(-c2cccc(C)c2)n1. The number of nitrogens with zero attached hydrogens (tertiary/aromatic N) is 2. The van der Waals surface area contributed by atoms with E-state index in [1.165, 1.54) is 18.4 Å². The van der Waals surface area contributed by atoms with Crippen molar-refractivity contribution in [3.63, 3.8) is 0 Å². The molecule has 1 aromatic carbocycles. The second kappa shape index (κ2) is 7.90. The lowest BCUT2D eigenvalue weighted by Gasteiger charge is -2.22. The molecular weight excluding hydrogens is 318 g/mol. The summed E-state index contributed by atoms with van der Waals surface area (Å²) in [6.45, 7) is 7.23. The Morgan fingerprint density at radius 1 is 1.46 bits per heavy atom. The van der Waals surface area contributed by atoms with E-state index < -0.39 is 0 Å². The molecule has 1 fully saturated rings. The number of hydrogen-bond donors (Lipinski definition) is 1. The summed E-state index contributed by atoms with van der Waals surface area (Å²) in [5.41, 5.74) is 3.20. The number of benzene rings is 1. The van der Waals surface area contributed by atoms with Gasteiger partial charge in [-0.3, -0.25) is 9.69 Å². The van der Waals surface area contributed by atoms with Gasteiger partial charge in [-0.15, -0.1) is 11.3 Å². The minimum absolute atomic E-state index is 0.0686. The standard InChI is InChI=1S/C19H25N3OS/c1-3-22-9-5-8-17(22)12-20-18(23)11-16-13-24-19(21-16)15-7-4-6-14(2)10-15/h4,6-7,10,13,17H,3,5,8-9,11-12H2,1-2H3,(H,20,23). The molecule has 1 atom stereocenters. The van der Waals surface area contributed by atoms with E-state index in [2.05, 4.69) is 47.2 Å². The quantitative estimate of drug-likeness (QED) is 0.876. The number of likely N-dealkylation sites (tertiary alicyclic amines) is 1. The van der Waals surface area contributed by atoms with Crippen LogP contribution in [0.15, 0.2) is 29.6 Å². The molecule has 1 aliphatic rings. The van der Waals surface area contributed by atoms with Gasteiger partial charge in [-0.1, -0.05) is 30.7 Å². The molecule has 0 bridgehead atoms. The fraction of sp³-hybridized carbons (Fsp3) is 0.474. The normalized spacial score (nSPS) is 18.0. The molecule has 2 aromatic rings. The number of aromatic nitrogens is 1. The molecular formula is C19H25N3OS. The van der Waals surface area contributed by atoms with E-state index >= 15 is 0 Å². The maximum absolute atomic E-state index is 12.2. The van der Waals surface area contributed by atoms with E-state index in [4.69, 9.17) is 0 Å². The largest absolute Gasteiger partial charge is 0.354 e. The minimum atomic E-state index is 0.0686. The Kier molecular flexibility index (Phi) is 5.63. The van der Waals surface area contributed by atoms with Gasteiger partial charge in [0.05, 0.1) is 12.1 Å². The number of carbonyl (C=O) groups is 1. The monoisotopic (exact) mass is 343 g/mol. The van der Waals surface area contributed by atoms with Crippen LogP contribution in [0, 0.1) is 6.92 Å². The Hall–Kier alpha value is -1.72. The Morgan fingerprint density at radius 3 is 3.12 bits per heavy atom. The van der Waals surface area contributed by atoms with Crippen molar-refractivity contribution in [2.75, 3.05) is 19.6 Å². The van der Waals surface area contributed by atoms with Crippen LogP contribution in [0.1, 0.15) is 31.0 Å². The summed E-state index contributed by atoms with van der Waals surface area (Å²) < 4.78 is 0. The molecule has 3 rings (SSSR count). The van der Waals surface area contributed by atoms with Crippen LogP contribution < -0.4 is 5.32 Å². The lowest BCUT2D eigenvalue weighted by molar-refractivity contribution is -0.120. The zero-order valence-electron chi connectivity index (χ0n) is 14.4. The molecule has 0 saturated carbocycles. The number of hydrogen-bond acceptors (Lipinski definition) is 4. The van der Waals surface area contributed by atoms with E-state index in [-0.39, 0.29) is 5.91 Å². The number of thiazole rings is 1. The molecule has 1 saturated heterocycles. The highest BCUT2D eigenvalue weighted by molar-refractivity contribution is 7.13. The zero-order chi connectivity index (χ0) is 16.9. The van der Waals surface area contributed by atoms with Crippen LogP contribution in [0.5, 0.6) is 0 Å². The average molecular weight is 343 g/mol. The van der Waals surface area contributed by atoms with Crippen molar-refractivity contribution in [3.8, 4) is 10.6 Å². The first kappa shape index (κ1) is 17.1. The summed E-state index contributed by atoms with van der Waals surface area (Å²) in [6, 6.07) is 8.81. The van der Waals surface area contributed by atoms with Gasteiger partial charge in [0.1, 0.15) is 5.01 Å². The molecule has 2 heterocycles. The molecule has 24 heavy (non-hydrogen) atoms. The predicted octanol–water partition coefficient (Wildman–Crippen LogP) is 3.26. The Balaban J connectivity index is 1.54. The summed E-state index contributed by atoms with van der Waals surface area (Å²) in [4.78, 5) is 19.3. The van der Waals surface area contributed by atoms with Crippen LogP contribution in [-0.4, -0.2) is 41.5 Å². The summed E-state index contributed by atoms with van der Waals surface area (Å²) in [5, 5.41) is 6.05. The molecule has 4 nitrogen and oxygen atoms in total. The molecule has 1 aliphatic heterocycles. The van der Waals surface area contributed by atoms with E-state index in [1.54, 1.807) is 11.3 Å². The molecule has 1 N–H and O–H groups in total. The molecule has 1 unspecified atom stereocenters. The third-order valence-electron chi connectivity index (χ3n) is 4.60. The maximum atomic E-state index is 12.2. The van der Waals surface area contributed by atoms with Crippen molar-refractivity contribution < 1.29 is 4.79 Å². The van der Waals surface area contributed by atoms with Crippen LogP contribution in [0.2, 0.25) is 0 Å². The van der Waals surface area contributed by atoms with Gasteiger partial charge in [-0.25, -0.2) is 4.98 Å². The number of carbonyl (C=O) groups excluding carboxylic acids is 1. The first-order valence-electron chi connectivity index (χ1n) is 8.68. The van der Waals surface area contributed by atoms with Crippen LogP contribution >= 0.6 is 11.3 Å². The van der Waals surface area contributed by atoms with Gasteiger partial charge >= 0.3 is 0 Å². The van der Waals surface area contributed by atoms with Crippen molar-refractivity contribution >= 4 is 17.2 Å². The third kappa shape index (κ3) is 4.22. The summed E-state index contributed by atoms with van der Waals surface area (Å²) in [6.07, 6.45) is 2.78. The number of nitrogens with one attached hydrogen (secondary N) is 1. The first-order valence-corrected chi connectivity index (χ1v) is 9.56. The van der Waals surface area contributed by atoms with Gasteiger partial charge in [-0.2, -0.15) is 0 Å². The predicted molar refractivity (Wildman–Crippen MR) is 99.3 cm³/mol. The summed E-state index contributed by atoms with van der Waals surface area (Å²) >= 11 is 1.60. The summed E-state index contributed by atoms with van der Waals surface area (Å²) in [5.74, 6) is 0.0686. The molecule has 1 amide bonds. The fourth-order valence-corrected chi connectivity index (χ4v) is 4.12. The van der Waals surface area contributed by atoms with E-state index in [9.17, 15) is 4.79 Å². The van der Waals surface area contributed by atoms with Crippen molar-refractivity contribution in [1.82, 2.24) is 15.2 Å². The molecule has 1 aromatic heterocycles. The Bertz CT molecular complexity index is 697. The summed E-state index contributed by atoms with van der Waals surface area (Å²) in [7, 11) is 0. The second-order valence-electron chi connectivity index (χ2n) is 6.42. The van der Waals surface area contributed by atoms with E-state index in [0.717, 1.165) is 35.9 Å². The molecule has 128 valence electrons. The number of aryl methyl sites for hydroxylation is 1. The first-order chi connectivity index (χ1) is 11.7. The number of likely N-dealkylation sites (N-methyl/N-ethyl adjacent to an activating group) is 1. The maximum Gasteiger partial charge on any atom is 0.226 e. The lowest BCUT2D eigenvalue weighted by Crippen LogP contribution is -2.40. The van der Waals surface area contributed by atoms with Gasteiger partial charge in [-0.05, 0) is 38.9 Å². The van der Waals surface area contributed by atoms with Crippen molar-refractivity contribution in [2.24, 2.45) is 0 Å².